The lowest BCUT2D eigenvalue weighted by Crippen LogP contribution is -2.42. The third-order valence-electron chi connectivity index (χ3n) is 2.35. The first-order valence-corrected chi connectivity index (χ1v) is 6.08. The maximum absolute atomic E-state index is 11.7. The van der Waals surface area contributed by atoms with E-state index in [2.05, 4.69) is 14.8 Å². The molecule has 0 rings (SSSR count). The van der Waals surface area contributed by atoms with Gasteiger partial charge in [0.25, 0.3) is 0 Å². The van der Waals surface area contributed by atoms with Crippen LogP contribution >= 0.6 is 0 Å². The van der Waals surface area contributed by atoms with Crippen LogP contribution in [0.2, 0.25) is 0 Å². The van der Waals surface area contributed by atoms with Gasteiger partial charge < -0.3 is 14.2 Å². The summed E-state index contributed by atoms with van der Waals surface area (Å²) in [5.74, 6) is -1.67. The van der Waals surface area contributed by atoms with E-state index in [1.165, 1.54) is 14.2 Å². The number of carbonyl (C=O) groups is 3. The Hall–Kier alpha value is -1.63. The summed E-state index contributed by atoms with van der Waals surface area (Å²) in [6.07, 6.45) is 1.44. The Morgan fingerprint density at radius 3 is 2.26 bits per heavy atom. The average Bonchev–Trinajstić information content (AvgIpc) is 2.42. The first-order valence-electron chi connectivity index (χ1n) is 6.08. The predicted molar refractivity (Wildman–Crippen MR) is 66.3 cm³/mol. The van der Waals surface area contributed by atoms with E-state index in [0.29, 0.717) is 0 Å². The number of methoxy groups -OCH3 is 2. The molecule has 0 saturated carbocycles. The summed E-state index contributed by atoms with van der Waals surface area (Å²) in [7, 11) is 2.46. The van der Waals surface area contributed by atoms with Gasteiger partial charge in [0.05, 0.1) is 33.8 Å². The molecule has 110 valence electrons. The molecule has 0 unspecified atom stereocenters. The summed E-state index contributed by atoms with van der Waals surface area (Å²) in [6.45, 7) is 2.07. The highest BCUT2D eigenvalue weighted by Gasteiger charge is 2.24. The molecule has 0 spiro atoms. The number of rotatable bonds is 9. The van der Waals surface area contributed by atoms with Gasteiger partial charge in [-0.1, -0.05) is 13.3 Å². The molecule has 0 fully saturated rings. The van der Waals surface area contributed by atoms with E-state index in [1.54, 1.807) is 0 Å². The van der Waals surface area contributed by atoms with Crippen LogP contribution in [0.25, 0.3) is 0 Å². The molecule has 0 radical (unpaired) electrons. The Bertz CT molecular complexity index is 305. The van der Waals surface area contributed by atoms with Crippen molar-refractivity contribution < 1.29 is 28.6 Å². The lowest BCUT2D eigenvalue weighted by molar-refractivity contribution is -0.152. The van der Waals surface area contributed by atoms with Crippen LogP contribution in [0.4, 0.5) is 0 Å². The van der Waals surface area contributed by atoms with E-state index in [0.717, 1.165) is 12.8 Å². The van der Waals surface area contributed by atoms with E-state index < -0.39 is 23.9 Å². The van der Waals surface area contributed by atoms with Crippen molar-refractivity contribution in [2.24, 2.45) is 0 Å². The third-order valence-corrected chi connectivity index (χ3v) is 2.35. The van der Waals surface area contributed by atoms with E-state index in [4.69, 9.17) is 4.74 Å². The Balaban J connectivity index is 4.34. The predicted octanol–water partition coefficient (Wildman–Crippen LogP) is 0.0240. The Morgan fingerprint density at radius 1 is 1.11 bits per heavy atom. The van der Waals surface area contributed by atoms with Crippen molar-refractivity contribution in [2.75, 3.05) is 27.4 Å². The summed E-state index contributed by atoms with van der Waals surface area (Å²) >= 11 is 0. The van der Waals surface area contributed by atoms with Gasteiger partial charge in [-0.15, -0.1) is 0 Å². The quantitative estimate of drug-likeness (QED) is 0.360. The van der Waals surface area contributed by atoms with E-state index in [-0.39, 0.29) is 19.6 Å². The van der Waals surface area contributed by atoms with Crippen molar-refractivity contribution in [3.05, 3.63) is 0 Å². The SMILES string of the molecule is CCCCOC(=O)[C@H](CC(=O)OC)NCC(=O)OC. The van der Waals surface area contributed by atoms with Crippen molar-refractivity contribution >= 4 is 17.9 Å². The molecular weight excluding hydrogens is 254 g/mol. The molecule has 0 aromatic rings. The molecule has 0 aromatic carbocycles. The first kappa shape index (κ1) is 17.4. The largest absolute Gasteiger partial charge is 0.469 e. The second-order valence-corrected chi connectivity index (χ2v) is 3.81. The average molecular weight is 275 g/mol. The van der Waals surface area contributed by atoms with Gasteiger partial charge in [-0.05, 0) is 6.42 Å². The summed E-state index contributed by atoms with van der Waals surface area (Å²) in [6, 6.07) is -0.914. The molecule has 0 heterocycles. The van der Waals surface area contributed by atoms with Crippen LogP contribution in [0, 0.1) is 0 Å². The minimum atomic E-state index is -0.914. The zero-order valence-corrected chi connectivity index (χ0v) is 11.6. The van der Waals surface area contributed by atoms with Crippen LogP contribution in [0.15, 0.2) is 0 Å². The normalized spacial score (nSPS) is 11.5. The number of nitrogens with one attached hydrogen (secondary N) is 1. The highest BCUT2D eigenvalue weighted by molar-refractivity contribution is 5.83. The standard InChI is InChI=1S/C12H21NO6/c1-4-5-6-19-12(16)9(7-10(14)17-2)13-8-11(15)18-3/h9,13H,4-8H2,1-3H3/t9-/m0/s1. The van der Waals surface area contributed by atoms with Crippen molar-refractivity contribution in [2.45, 2.75) is 32.2 Å². The Labute approximate surface area is 112 Å². The second kappa shape index (κ2) is 10.3. The van der Waals surface area contributed by atoms with Crippen LogP contribution in [-0.2, 0) is 28.6 Å². The lowest BCUT2D eigenvalue weighted by atomic mass is 10.2. The molecule has 0 aromatic heterocycles. The van der Waals surface area contributed by atoms with Gasteiger partial charge in [-0.3, -0.25) is 19.7 Å². The molecule has 0 amide bonds. The molecule has 0 aliphatic carbocycles. The number of hydrogen-bond donors (Lipinski definition) is 1. The van der Waals surface area contributed by atoms with E-state index in [9.17, 15) is 14.4 Å². The van der Waals surface area contributed by atoms with Crippen LogP contribution in [0.1, 0.15) is 26.2 Å². The number of esters is 3. The molecule has 7 heteroatoms. The highest BCUT2D eigenvalue weighted by Crippen LogP contribution is 2.00. The second-order valence-electron chi connectivity index (χ2n) is 3.81. The van der Waals surface area contributed by atoms with Gasteiger partial charge in [0.15, 0.2) is 0 Å². The van der Waals surface area contributed by atoms with Crippen molar-refractivity contribution in [1.82, 2.24) is 5.32 Å². The number of unbranched alkanes of at least 4 members (excludes halogenated alkanes) is 1. The zero-order valence-electron chi connectivity index (χ0n) is 11.6. The van der Waals surface area contributed by atoms with Gasteiger partial charge in [-0.2, -0.15) is 0 Å². The summed E-state index contributed by atoms with van der Waals surface area (Å²) < 4.78 is 13.9. The fourth-order valence-electron chi connectivity index (χ4n) is 1.19. The molecule has 0 bridgehead atoms. The topological polar surface area (TPSA) is 90.9 Å². The minimum absolute atomic E-state index is 0.180. The maximum atomic E-state index is 11.7. The monoisotopic (exact) mass is 275 g/mol. The van der Waals surface area contributed by atoms with Crippen molar-refractivity contribution in [3.63, 3.8) is 0 Å². The van der Waals surface area contributed by atoms with Gasteiger partial charge in [0, 0.05) is 0 Å². The summed E-state index contributed by atoms with van der Waals surface area (Å²) in [5.41, 5.74) is 0. The van der Waals surface area contributed by atoms with Crippen LogP contribution < -0.4 is 5.32 Å². The molecule has 7 nitrogen and oxygen atoms in total. The molecule has 0 saturated heterocycles. The number of hydrogen-bond acceptors (Lipinski definition) is 7. The minimum Gasteiger partial charge on any atom is -0.469 e. The smallest absolute Gasteiger partial charge is 0.323 e. The van der Waals surface area contributed by atoms with Gasteiger partial charge in [-0.25, -0.2) is 0 Å². The fraction of sp³-hybridized carbons (Fsp3) is 0.750. The fourth-order valence-corrected chi connectivity index (χ4v) is 1.19. The molecule has 0 aliphatic heterocycles. The van der Waals surface area contributed by atoms with E-state index in [1.807, 2.05) is 6.92 Å². The highest BCUT2D eigenvalue weighted by atomic mass is 16.5. The van der Waals surface area contributed by atoms with Gasteiger partial charge in [0.1, 0.15) is 6.04 Å². The van der Waals surface area contributed by atoms with Crippen LogP contribution in [0.5, 0.6) is 0 Å². The number of ether oxygens (including phenoxy) is 3. The maximum Gasteiger partial charge on any atom is 0.323 e. The molecular formula is C12H21NO6. The molecule has 1 N–H and O–H groups in total. The van der Waals surface area contributed by atoms with Crippen molar-refractivity contribution in [3.8, 4) is 0 Å². The Kier molecular flexibility index (Phi) is 9.42. The summed E-state index contributed by atoms with van der Waals surface area (Å²) in [5, 5.41) is 2.61. The van der Waals surface area contributed by atoms with Crippen molar-refractivity contribution in [1.29, 1.82) is 0 Å². The number of carbonyl (C=O) groups excluding carboxylic acids is 3. The van der Waals surface area contributed by atoms with Crippen LogP contribution in [0.3, 0.4) is 0 Å². The zero-order chi connectivity index (χ0) is 14.7. The molecule has 19 heavy (non-hydrogen) atoms. The Morgan fingerprint density at radius 2 is 1.74 bits per heavy atom. The first-order chi connectivity index (χ1) is 9.04. The molecule has 0 aliphatic rings. The molecule has 1 atom stereocenters. The third kappa shape index (κ3) is 8.15. The van der Waals surface area contributed by atoms with Gasteiger partial charge >= 0.3 is 17.9 Å². The lowest BCUT2D eigenvalue weighted by Gasteiger charge is -2.15. The summed E-state index contributed by atoms with van der Waals surface area (Å²) in [4.78, 5) is 33.9. The van der Waals surface area contributed by atoms with E-state index >= 15 is 0 Å². The van der Waals surface area contributed by atoms with Gasteiger partial charge in [0.2, 0.25) is 0 Å². The van der Waals surface area contributed by atoms with Crippen LogP contribution in [-0.4, -0.2) is 51.3 Å².